The third kappa shape index (κ3) is 2.56. The standard InChI is InChI=1S/C12H18O2/c1-10(2)9-12(3,14-13)11-7-5-4-6-8-11/h4-8,10,13H,9H2,1-3H3/t12-/m1/s1. The molecule has 1 aromatic carbocycles. The van der Waals surface area contributed by atoms with Crippen LogP contribution in [0.4, 0.5) is 0 Å². The average molecular weight is 194 g/mol. The summed E-state index contributed by atoms with van der Waals surface area (Å²) in [6.07, 6.45) is 0.799. The maximum absolute atomic E-state index is 8.99. The van der Waals surface area contributed by atoms with E-state index in [9.17, 15) is 0 Å². The van der Waals surface area contributed by atoms with Crippen molar-refractivity contribution in [3.8, 4) is 0 Å². The lowest BCUT2D eigenvalue weighted by Gasteiger charge is -2.28. The van der Waals surface area contributed by atoms with Gasteiger partial charge in [-0.3, -0.25) is 5.26 Å². The lowest BCUT2D eigenvalue weighted by atomic mass is 9.87. The number of benzene rings is 1. The van der Waals surface area contributed by atoms with Crippen LogP contribution in [0.3, 0.4) is 0 Å². The van der Waals surface area contributed by atoms with Crippen molar-refractivity contribution in [2.24, 2.45) is 5.92 Å². The minimum Gasteiger partial charge on any atom is -0.251 e. The van der Waals surface area contributed by atoms with Gasteiger partial charge in [-0.25, -0.2) is 4.89 Å². The molecule has 0 fully saturated rings. The summed E-state index contributed by atoms with van der Waals surface area (Å²) < 4.78 is 0. The van der Waals surface area contributed by atoms with Crippen LogP contribution >= 0.6 is 0 Å². The van der Waals surface area contributed by atoms with Crippen LogP contribution in [-0.2, 0) is 10.5 Å². The van der Waals surface area contributed by atoms with Crippen molar-refractivity contribution in [2.45, 2.75) is 32.8 Å². The second-order valence-electron chi connectivity index (χ2n) is 4.29. The highest BCUT2D eigenvalue weighted by Gasteiger charge is 2.28. The summed E-state index contributed by atoms with van der Waals surface area (Å²) in [6, 6.07) is 9.80. The Morgan fingerprint density at radius 1 is 1.29 bits per heavy atom. The van der Waals surface area contributed by atoms with Gasteiger partial charge in [0.15, 0.2) is 0 Å². The zero-order chi connectivity index (χ0) is 10.6. The molecule has 0 saturated carbocycles. The van der Waals surface area contributed by atoms with E-state index < -0.39 is 5.60 Å². The Hall–Kier alpha value is -0.860. The maximum Gasteiger partial charge on any atom is 0.126 e. The fourth-order valence-electron chi connectivity index (χ4n) is 1.78. The van der Waals surface area contributed by atoms with Gasteiger partial charge in [-0.1, -0.05) is 44.2 Å². The smallest absolute Gasteiger partial charge is 0.126 e. The van der Waals surface area contributed by atoms with Gasteiger partial charge in [-0.2, -0.15) is 0 Å². The monoisotopic (exact) mass is 194 g/mol. The topological polar surface area (TPSA) is 29.5 Å². The molecule has 2 heteroatoms. The van der Waals surface area contributed by atoms with Gasteiger partial charge in [0.25, 0.3) is 0 Å². The van der Waals surface area contributed by atoms with Crippen LogP contribution < -0.4 is 0 Å². The largest absolute Gasteiger partial charge is 0.251 e. The predicted molar refractivity (Wildman–Crippen MR) is 57.0 cm³/mol. The Bertz CT molecular complexity index is 269. The molecule has 0 saturated heterocycles. The van der Waals surface area contributed by atoms with E-state index >= 15 is 0 Å². The molecule has 0 aliphatic heterocycles. The molecule has 1 rings (SSSR count). The molecule has 1 N–H and O–H groups in total. The van der Waals surface area contributed by atoms with E-state index in [1.807, 2.05) is 37.3 Å². The van der Waals surface area contributed by atoms with Crippen molar-refractivity contribution >= 4 is 0 Å². The van der Waals surface area contributed by atoms with E-state index in [2.05, 4.69) is 18.7 Å². The Morgan fingerprint density at radius 3 is 2.29 bits per heavy atom. The molecule has 1 atom stereocenters. The molecule has 0 spiro atoms. The molecule has 0 radical (unpaired) electrons. The molecule has 0 amide bonds. The fourth-order valence-corrected chi connectivity index (χ4v) is 1.78. The quantitative estimate of drug-likeness (QED) is 0.587. The van der Waals surface area contributed by atoms with E-state index in [0.717, 1.165) is 12.0 Å². The summed E-state index contributed by atoms with van der Waals surface area (Å²) in [4.78, 5) is 4.63. The average Bonchev–Trinajstić information content (AvgIpc) is 2.18. The third-order valence-corrected chi connectivity index (χ3v) is 2.38. The predicted octanol–water partition coefficient (Wildman–Crippen LogP) is 3.44. The molecule has 0 aliphatic carbocycles. The highest BCUT2D eigenvalue weighted by molar-refractivity contribution is 5.21. The van der Waals surface area contributed by atoms with E-state index in [0.29, 0.717) is 5.92 Å². The van der Waals surface area contributed by atoms with Crippen molar-refractivity contribution in [1.29, 1.82) is 0 Å². The van der Waals surface area contributed by atoms with E-state index in [4.69, 9.17) is 5.26 Å². The molecule has 0 unspecified atom stereocenters. The molecular weight excluding hydrogens is 176 g/mol. The number of hydrogen-bond donors (Lipinski definition) is 1. The number of rotatable bonds is 4. The molecule has 2 nitrogen and oxygen atoms in total. The van der Waals surface area contributed by atoms with Crippen molar-refractivity contribution < 1.29 is 10.1 Å². The van der Waals surface area contributed by atoms with Gasteiger partial charge in [0.1, 0.15) is 5.60 Å². The summed E-state index contributed by atoms with van der Waals surface area (Å²) in [6.45, 7) is 6.13. The zero-order valence-electron chi connectivity index (χ0n) is 9.03. The molecule has 0 heterocycles. The van der Waals surface area contributed by atoms with Gasteiger partial charge < -0.3 is 0 Å². The first-order valence-electron chi connectivity index (χ1n) is 4.96. The minimum absolute atomic E-state index is 0.479. The van der Waals surface area contributed by atoms with Crippen LogP contribution in [0.15, 0.2) is 30.3 Å². The molecular formula is C12H18O2. The minimum atomic E-state index is -0.588. The lowest BCUT2D eigenvalue weighted by Crippen LogP contribution is -2.26. The van der Waals surface area contributed by atoms with Crippen LogP contribution in [0, 0.1) is 5.92 Å². The first kappa shape index (κ1) is 11.2. The molecule has 0 aliphatic rings. The van der Waals surface area contributed by atoms with Crippen molar-refractivity contribution in [3.63, 3.8) is 0 Å². The highest BCUT2D eigenvalue weighted by Crippen LogP contribution is 2.31. The number of hydrogen-bond acceptors (Lipinski definition) is 2. The van der Waals surface area contributed by atoms with Gasteiger partial charge in [0.2, 0.25) is 0 Å². The van der Waals surface area contributed by atoms with E-state index in [-0.39, 0.29) is 0 Å². The Labute approximate surface area is 85.5 Å². The van der Waals surface area contributed by atoms with Gasteiger partial charge in [-0.05, 0) is 24.8 Å². The van der Waals surface area contributed by atoms with Gasteiger partial charge >= 0.3 is 0 Å². The molecule has 0 bridgehead atoms. The molecule has 78 valence electrons. The van der Waals surface area contributed by atoms with Crippen LogP contribution in [0.1, 0.15) is 32.8 Å². The Kier molecular flexibility index (Phi) is 3.67. The van der Waals surface area contributed by atoms with Gasteiger partial charge in [0, 0.05) is 0 Å². The molecule has 0 aromatic heterocycles. The summed E-state index contributed by atoms with van der Waals surface area (Å²) in [7, 11) is 0. The summed E-state index contributed by atoms with van der Waals surface area (Å²) in [5, 5.41) is 8.99. The third-order valence-electron chi connectivity index (χ3n) is 2.38. The van der Waals surface area contributed by atoms with Crippen LogP contribution in [0.2, 0.25) is 0 Å². The van der Waals surface area contributed by atoms with Crippen molar-refractivity contribution in [1.82, 2.24) is 0 Å². The normalized spacial score (nSPS) is 15.5. The maximum atomic E-state index is 8.99. The van der Waals surface area contributed by atoms with E-state index in [1.165, 1.54) is 0 Å². The Morgan fingerprint density at radius 2 is 1.86 bits per heavy atom. The zero-order valence-corrected chi connectivity index (χ0v) is 9.03. The first-order valence-corrected chi connectivity index (χ1v) is 4.96. The van der Waals surface area contributed by atoms with E-state index in [1.54, 1.807) is 0 Å². The van der Waals surface area contributed by atoms with Gasteiger partial charge in [-0.15, -0.1) is 0 Å². The summed E-state index contributed by atoms with van der Waals surface area (Å²) in [5.41, 5.74) is 0.423. The van der Waals surface area contributed by atoms with Crippen LogP contribution in [0.5, 0.6) is 0 Å². The first-order chi connectivity index (χ1) is 6.58. The van der Waals surface area contributed by atoms with Gasteiger partial charge in [0.05, 0.1) is 0 Å². The SMILES string of the molecule is CC(C)C[C@@](C)(OO)c1ccccc1. The Balaban J connectivity index is 2.90. The van der Waals surface area contributed by atoms with Crippen LogP contribution in [-0.4, -0.2) is 5.26 Å². The van der Waals surface area contributed by atoms with Crippen molar-refractivity contribution in [2.75, 3.05) is 0 Å². The second kappa shape index (κ2) is 4.58. The highest BCUT2D eigenvalue weighted by atomic mass is 17.1. The second-order valence-corrected chi connectivity index (χ2v) is 4.29. The van der Waals surface area contributed by atoms with Crippen molar-refractivity contribution in [3.05, 3.63) is 35.9 Å². The summed E-state index contributed by atoms with van der Waals surface area (Å²) in [5.74, 6) is 0.479. The van der Waals surface area contributed by atoms with Crippen LogP contribution in [0.25, 0.3) is 0 Å². The molecule has 14 heavy (non-hydrogen) atoms. The lowest BCUT2D eigenvalue weighted by molar-refractivity contribution is -0.327. The molecule has 1 aromatic rings. The fraction of sp³-hybridized carbons (Fsp3) is 0.500. The summed E-state index contributed by atoms with van der Waals surface area (Å²) >= 11 is 0.